The molecular formula is C51H58N8O6. The van der Waals surface area contributed by atoms with E-state index in [-0.39, 0.29) is 35.9 Å². The number of aliphatic hydroxyl groups excluding tert-OH is 1. The average Bonchev–Trinajstić information content (AvgIpc) is 4.17. The third-order valence-electron chi connectivity index (χ3n) is 13.2. The number of hydrogen-bond donors (Lipinski definition) is 4. The molecule has 65 heavy (non-hydrogen) atoms. The fourth-order valence-electron chi connectivity index (χ4n) is 9.50. The van der Waals surface area contributed by atoms with Crippen LogP contribution >= 0.6 is 0 Å². The summed E-state index contributed by atoms with van der Waals surface area (Å²) in [7, 11) is 0. The van der Waals surface area contributed by atoms with Crippen molar-refractivity contribution in [2.24, 2.45) is 5.92 Å². The molecule has 0 radical (unpaired) electrons. The summed E-state index contributed by atoms with van der Waals surface area (Å²) in [5.41, 5.74) is 5.40. The topological polar surface area (TPSA) is 159 Å². The Morgan fingerprint density at radius 2 is 1.22 bits per heavy atom. The Kier molecular flexibility index (Phi) is 12.9. The van der Waals surface area contributed by atoms with Gasteiger partial charge in [0.2, 0.25) is 0 Å². The van der Waals surface area contributed by atoms with Crippen LogP contribution < -0.4 is 29.9 Å². The predicted octanol–water partition coefficient (Wildman–Crippen LogP) is 6.37. The van der Waals surface area contributed by atoms with Gasteiger partial charge in [0, 0.05) is 43.9 Å². The van der Waals surface area contributed by atoms with Crippen molar-refractivity contribution >= 4 is 23.2 Å². The summed E-state index contributed by atoms with van der Waals surface area (Å²) in [5, 5.41) is 35.1. The second kappa shape index (κ2) is 19.2. The van der Waals surface area contributed by atoms with Gasteiger partial charge in [-0.25, -0.2) is 9.36 Å². The first-order valence-corrected chi connectivity index (χ1v) is 22.8. The summed E-state index contributed by atoms with van der Waals surface area (Å²) >= 11 is 0. The zero-order valence-corrected chi connectivity index (χ0v) is 36.9. The third kappa shape index (κ3) is 10.2. The SMILES string of the molecule is CC(O)C1CCC(NC(=O)C2CN(Cc3ccc(-n4cccn4)cc3)c3ccccc3O2)C1.CC1(O)CCCC1NC(=O)C1CN(Cc2ccc(-n3cccn3)cc2)c2ccccc2O1. The number of carbonyl (C=O) groups is 2. The number of rotatable bonds is 11. The number of hydrogen-bond acceptors (Lipinski definition) is 10. The van der Waals surface area contributed by atoms with Gasteiger partial charge in [-0.2, -0.15) is 10.2 Å². The molecule has 4 N–H and O–H groups in total. The van der Waals surface area contributed by atoms with Crippen LogP contribution in [0.2, 0.25) is 0 Å². The summed E-state index contributed by atoms with van der Waals surface area (Å²) in [4.78, 5) is 30.5. The molecule has 10 rings (SSSR count). The highest BCUT2D eigenvalue weighted by Crippen LogP contribution is 2.37. The Hall–Kier alpha value is -6.64. The summed E-state index contributed by atoms with van der Waals surface area (Å²) in [6, 6.07) is 35.9. The van der Waals surface area contributed by atoms with E-state index in [9.17, 15) is 19.8 Å². The molecule has 2 aliphatic carbocycles. The van der Waals surface area contributed by atoms with Crippen LogP contribution in [0.5, 0.6) is 11.5 Å². The minimum atomic E-state index is -0.863. The van der Waals surface area contributed by atoms with Crippen molar-refractivity contribution in [2.75, 3.05) is 22.9 Å². The highest BCUT2D eigenvalue weighted by Gasteiger charge is 2.40. The molecule has 7 atom stereocenters. The second-order valence-electron chi connectivity index (χ2n) is 18.0. The lowest BCUT2D eigenvalue weighted by Crippen LogP contribution is -2.54. The van der Waals surface area contributed by atoms with E-state index in [1.165, 1.54) is 0 Å². The van der Waals surface area contributed by atoms with Crippen molar-refractivity contribution in [3.05, 3.63) is 145 Å². The maximum Gasteiger partial charge on any atom is 0.263 e. The number of nitrogens with zero attached hydrogens (tertiary/aromatic N) is 6. The van der Waals surface area contributed by atoms with Crippen LogP contribution in [0.25, 0.3) is 11.4 Å². The third-order valence-corrected chi connectivity index (χ3v) is 13.2. The molecule has 2 fully saturated rings. The number of carbonyl (C=O) groups excluding carboxylic acids is 2. The summed E-state index contributed by atoms with van der Waals surface area (Å²) in [6.45, 7) is 5.88. The van der Waals surface area contributed by atoms with E-state index < -0.39 is 17.8 Å². The molecule has 4 aliphatic rings. The van der Waals surface area contributed by atoms with E-state index in [2.05, 4.69) is 67.0 Å². The van der Waals surface area contributed by atoms with Crippen LogP contribution in [0.15, 0.2) is 134 Å². The van der Waals surface area contributed by atoms with Gasteiger partial charge in [0.1, 0.15) is 11.5 Å². The average molecular weight is 879 g/mol. The number of ether oxygens (including phenoxy) is 2. The molecule has 2 saturated carbocycles. The fraction of sp³-hybridized carbons (Fsp3) is 0.373. The van der Waals surface area contributed by atoms with Crippen LogP contribution in [0, 0.1) is 5.92 Å². The number of fused-ring (bicyclic) bond motifs is 2. The van der Waals surface area contributed by atoms with Crippen molar-refractivity contribution in [3.63, 3.8) is 0 Å². The van der Waals surface area contributed by atoms with Gasteiger partial charge >= 0.3 is 0 Å². The number of amides is 2. The fourth-order valence-corrected chi connectivity index (χ4v) is 9.50. The van der Waals surface area contributed by atoms with Gasteiger partial charge in [0.15, 0.2) is 12.2 Å². The van der Waals surface area contributed by atoms with Crippen molar-refractivity contribution < 1.29 is 29.3 Å². The highest BCUT2D eigenvalue weighted by molar-refractivity contribution is 5.84. The number of para-hydroxylation sites is 4. The molecule has 7 unspecified atom stereocenters. The minimum absolute atomic E-state index is 0.0835. The Morgan fingerprint density at radius 1 is 0.708 bits per heavy atom. The van der Waals surface area contributed by atoms with Crippen molar-refractivity contribution in [1.29, 1.82) is 0 Å². The number of aromatic nitrogens is 4. The van der Waals surface area contributed by atoms with Crippen molar-refractivity contribution in [1.82, 2.24) is 30.2 Å². The molecule has 6 aromatic rings. The Balaban J connectivity index is 0.000000164. The summed E-state index contributed by atoms with van der Waals surface area (Å²) < 4.78 is 15.8. The normalized spacial score (nSPS) is 23.8. The molecule has 0 saturated heterocycles. The van der Waals surface area contributed by atoms with Gasteiger partial charge < -0.3 is 40.1 Å². The van der Waals surface area contributed by atoms with E-state index in [4.69, 9.17) is 9.47 Å². The van der Waals surface area contributed by atoms with Gasteiger partial charge in [-0.3, -0.25) is 9.59 Å². The smallest absolute Gasteiger partial charge is 0.263 e. The van der Waals surface area contributed by atoms with E-state index in [0.717, 1.165) is 71.7 Å². The number of benzene rings is 4. The van der Waals surface area contributed by atoms with Gasteiger partial charge in [0.05, 0.1) is 53.6 Å². The maximum atomic E-state index is 13.1. The first kappa shape index (κ1) is 43.6. The molecule has 0 spiro atoms. The van der Waals surface area contributed by atoms with Gasteiger partial charge in [-0.05, 0) is 130 Å². The standard InChI is InChI=1S/C26H30N4O3.C25H28N4O3/c1-18(31)20-9-10-21(15-20)28-26(32)25-17-29(23-5-2-3-6-24(23)33-25)16-19-7-11-22(12-8-19)30-14-4-13-27-30;1-25(31)13-4-8-23(25)27-24(30)22-17-28(20-6-2-3-7-21(20)32-22)16-18-9-11-19(12-10-18)29-15-5-14-26-29/h2-8,11-14,18,20-21,25,31H,9-10,15-17H2,1H3,(H,28,32);2-3,5-7,9-12,14-15,22-23,31H,4,8,13,16-17H2,1H3,(H,27,30). The van der Waals surface area contributed by atoms with Gasteiger partial charge in [-0.1, -0.05) is 48.5 Å². The molecule has 338 valence electrons. The lowest BCUT2D eigenvalue weighted by Gasteiger charge is -2.37. The molecular weight excluding hydrogens is 821 g/mol. The number of nitrogens with one attached hydrogen (secondary N) is 2. The quantitative estimate of drug-likeness (QED) is 0.115. The Bertz CT molecular complexity index is 2510. The van der Waals surface area contributed by atoms with E-state index >= 15 is 0 Å². The monoisotopic (exact) mass is 878 g/mol. The van der Waals surface area contributed by atoms with Gasteiger partial charge in [0.25, 0.3) is 11.8 Å². The largest absolute Gasteiger partial charge is 0.477 e. The van der Waals surface area contributed by atoms with E-state index in [1.54, 1.807) is 19.3 Å². The molecule has 4 aromatic carbocycles. The van der Waals surface area contributed by atoms with E-state index in [1.807, 2.05) is 101 Å². The lowest BCUT2D eigenvalue weighted by atomic mass is 10.0. The molecule has 4 heterocycles. The number of anilines is 2. The molecule has 14 heteroatoms. The van der Waals surface area contributed by atoms with Crippen LogP contribution in [0.1, 0.15) is 63.5 Å². The van der Waals surface area contributed by atoms with Crippen LogP contribution in [-0.2, 0) is 22.7 Å². The Morgan fingerprint density at radius 3 is 1.66 bits per heavy atom. The zero-order chi connectivity index (χ0) is 44.9. The van der Waals surface area contributed by atoms with E-state index in [0.29, 0.717) is 38.3 Å². The van der Waals surface area contributed by atoms with Crippen molar-refractivity contribution in [3.8, 4) is 22.9 Å². The maximum absolute atomic E-state index is 13.1. The molecule has 2 aliphatic heterocycles. The van der Waals surface area contributed by atoms with Crippen LogP contribution in [0.4, 0.5) is 11.4 Å². The summed E-state index contributed by atoms with van der Waals surface area (Å²) in [6.07, 6.45) is 10.9. The molecule has 14 nitrogen and oxygen atoms in total. The second-order valence-corrected chi connectivity index (χ2v) is 18.0. The van der Waals surface area contributed by atoms with Gasteiger partial charge in [-0.15, -0.1) is 0 Å². The first-order valence-electron chi connectivity index (χ1n) is 22.8. The lowest BCUT2D eigenvalue weighted by molar-refractivity contribution is -0.130. The Labute approximate surface area is 379 Å². The zero-order valence-electron chi connectivity index (χ0n) is 36.9. The predicted molar refractivity (Wildman–Crippen MR) is 248 cm³/mol. The molecule has 2 aromatic heterocycles. The van der Waals surface area contributed by atoms with Crippen LogP contribution in [0.3, 0.4) is 0 Å². The summed E-state index contributed by atoms with van der Waals surface area (Å²) in [5.74, 6) is 1.42. The van der Waals surface area contributed by atoms with Crippen LogP contribution in [-0.4, -0.2) is 90.7 Å². The number of aliphatic hydroxyl groups is 2. The van der Waals surface area contributed by atoms with Crippen molar-refractivity contribution in [2.45, 2.75) is 101 Å². The highest BCUT2D eigenvalue weighted by atomic mass is 16.5. The molecule has 0 bridgehead atoms. The molecule has 2 amide bonds. The minimum Gasteiger partial charge on any atom is -0.477 e. The first-order chi connectivity index (χ1) is 31.6.